The fraction of sp³-hybridized carbons (Fsp3) is 0.333. The summed E-state index contributed by atoms with van der Waals surface area (Å²) in [5.74, 6) is 0. The van der Waals surface area contributed by atoms with E-state index in [1.165, 1.54) is 6.08 Å². The van der Waals surface area contributed by atoms with E-state index >= 15 is 0 Å². The summed E-state index contributed by atoms with van der Waals surface area (Å²) in [4.78, 5) is 6.90. The first kappa shape index (κ1) is 10.6. The van der Waals surface area contributed by atoms with Gasteiger partial charge in [-0.25, -0.2) is 4.39 Å². The van der Waals surface area contributed by atoms with Crippen molar-refractivity contribution >= 4 is 8.34 Å². The Morgan fingerprint density at radius 3 is 2.00 bits per heavy atom. The normalized spacial score (nSPS) is 8.62. The summed E-state index contributed by atoms with van der Waals surface area (Å²) < 4.78 is 29.2. The summed E-state index contributed by atoms with van der Waals surface area (Å²) >= 11 is 0. The van der Waals surface area contributed by atoms with E-state index in [9.17, 15) is 8.59 Å². The van der Waals surface area contributed by atoms with Crippen LogP contribution in [0.1, 0.15) is 0 Å². The molecule has 0 rings (SSSR count). The number of allylic oxidation sites excluding steroid dienone is 1. The van der Waals surface area contributed by atoms with Gasteiger partial charge >= 0.3 is 8.34 Å². The zero-order valence-electron chi connectivity index (χ0n) is 4.05. The van der Waals surface area contributed by atoms with Crippen LogP contribution in [0.4, 0.5) is 8.59 Å². The molecule has 0 aliphatic rings. The SMILES string of the molecule is C=CCF.O=[P+](O)F. The third-order valence-electron chi connectivity index (χ3n) is 0.109. The summed E-state index contributed by atoms with van der Waals surface area (Å²) in [7, 11) is -3.37. The highest BCUT2D eigenvalue weighted by atomic mass is 31.2. The third-order valence-corrected chi connectivity index (χ3v) is 0.109. The van der Waals surface area contributed by atoms with Crippen molar-refractivity contribution in [2.75, 3.05) is 6.67 Å². The Morgan fingerprint density at radius 2 is 2.00 bits per heavy atom. The summed E-state index contributed by atoms with van der Waals surface area (Å²) in [5.41, 5.74) is 0. The van der Waals surface area contributed by atoms with Crippen molar-refractivity contribution in [1.29, 1.82) is 0 Å². The van der Waals surface area contributed by atoms with E-state index in [2.05, 4.69) is 6.58 Å². The molecule has 0 bridgehead atoms. The quantitative estimate of drug-likeness (QED) is 0.448. The highest BCUT2D eigenvalue weighted by Crippen LogP contribution is 2.10. The number of halogens is 2. The highest BCUT2D eigenvalue weighted by molar-refractivity contribution is 7.31. The van der Waals surface area contributed by atoms with Crippen LogP contribution >= 0.6 is 8.34 Å². The molecule has 0 aliphatic heterocycles. The second kappa shape index (κ2) is 9.83. The molecule has 0 heterocycles. The van der Waals surface area contributed by atoms with Crippen molar-refractivity contribution in [3.63, 3.8) is 0 Å². The lowest BCUT2D eigenvalue weighted by atomic mass is 10.7. The molecule has 8 heavy (non-hydrogen) atoms. The van der Waals surface area contributed by atoms with Crippen LogP contribution in [0.15, 0.2) is 12.7 Å². The number of rotatable bonds is 1. The van der Waals surface area contributed by atoms with Gasteiger partial charge in [0.15, 0.2) is 0 Å². The number of hydrogen-bond donors (Lipinski definition) is 1. The molecule has 48 valence electrons. The lowest BCUT2D eigenvalue weighted by molar-refractivity contribution is 0.460. The minimum Gasteiger partial charge on any atom is -0.247 e. The van der Waals surface area contributed by atoms with Gasteiger partial charge in [0.05, 0.1) is 4.20 Å². The average molecular weight is 143 g/mol. The largest absolute Gasteiger partial charge is 0.743 e. The Kier molecular flexibility index (Phi) is 13.0. The van der Waals surface area contributed by atoms with Gasteiger partial charge in [0, 0.05) is 4.57 Å². The molecule has 0 aromatic carbocycles. The molecular weight excluding hydrogens is 137 g/mol. The summed E-state index contributed by atoms with van der Waals surface area (Å²) in [6.07, 6.45) is 1.21. The number of hydrogen-bond acceptors (Lipinski definition) is 1. The van der Waals surface area contributed by atoms with Crippen LogP contribution < -0.4 is 0 Å². The fourth-order valence-corrected chi connectivity index (χ4v) is 0. The molecule has 0 aromatic heterocycles. The van der Waals surface area contributed by atoms with E-state index in [4.69, 9.17) is 9.46 Å². The van der Waals surface area contributed by atoms with E-state index in [0.717, 1.165) is 0 Å². The van der Waals surface area contributed by atoms with E-state index in [0.29, 0.717) is 0 Å². The van der Waals surface area contributed by atoms with Crippen LogP contribution in [0.2, 0.25) is 0 Å². The van der Waals surface area contributed by atoms with E-state index in [1.54, 1.807) is 0 Å². The maximum absolute atomic E-state index is 10.6. The molecule has 0 spiro atoms. The van der Waals surface area contributed by atoms with Crippen LogP contribution in [0.25, 0.3) is 0 Å². The minimum absolute atomic E-state index is 0.417. The predicted molar refractivity (Wildman–Crippen MR) is 27.1 cm³/mol. The Balaban J connectivity index is 0. The lowest BCUT2D eigenvalue weighted by Gasteiger charge is -1.54. The standard InChI is InChI=1S/C3H5F.FO2P/c1-2-3-4;1-4(2)3/h2H,1,3H2;/p+1. The Labute approximate surface area is 46.8 Å². The molecule has 1 N–H and O–H groups in total. The van der Waals surface area contributed by atoms with Gasteiger partial charge in [-0.3, -0.25) is 0 Å². The molecule has 2 nitrogen and oxygen atoms in total. The minimum atomic E-state index is -3.37. The van der Waals surface area contributed by atoms with Crippen molar-refractivity contribution in [1.82, 2.24) is 0 Å². The Bertz CT molecular complexity index is 71.7. The molecule has 0 saturated carbocycles. The van der Waals surface area contributed by atoms with Crippen molar-refractivity contribution < 1.29 is 18.0 Å². The maximum atomic E-state index is 10.6. The van der Waals surface area contributed by atoms with Gasteiger partial charge in [-0.2, -0.15) is 0 Å². The average Bonchev–Trinajstić information content (AvgIpc) is 1.65. The van der Waals surface area contributed by atoms with Crippen molar-refractivity contribution in [3.05, 3.63) is 12.7 Å². The second-order valence-electron chi connectivity index (χ2n) is 0.669. The first-order chi connectivity index (χ1) is 3.65. The maximum Gasteiger partial charge on any atom is 0.743 e. The Hall–Kier alpha value is -0.340. The molecule has 1 atom stereocenters. The van der Waals surface area contributed by atoms with Gasteiger partial charge in [0.25, 0.3) is 0 Å². The molecular formula is C3H6F2O2P+. The van der Waals surface area contributed by atoms with Gasteiger partial charge in [0.1, 0.15) is 6.67 Å². The predicted octanol–water partition coefficient (Wildman–Crippen LogP) is 1.75. The molecule has 0 fully saturated rings. The van der Waals surface area contributed by atoms with E-state index < -0.39 is 15.0 Å². The molecule has 0 radical (unpaired) electrons. The topological polar surface area (TPSA) is 37.3 Å². The molecule has 0 amide bonds. The fourth-order valence-electron chi connectivity index (χ4n) is 0. The first-order valence-electron chi connectivity index (χ1n) is 1.64. The lowest BCUT2D eigenvalue weighted by Crippen LogP contribution is -1.48. The third kappa shape index (κ3) is 282. The zero-order valence-corrected chi connectivity index (χ0v) is 4.94. The van der Waals surface area contributed by atoms with Gasteiger partial charge in [0.2, 0.25) is 0 Å². The van der Waals surface area contributed by atoms with Crippen molar-refractivity contribution in [2.45, 2.75) is 0 Å². The van der Waals surface area contributed by atoms with Crippen LogP contribution in [-0.2, 0) is 4.57 Å². The van der Waals surface area contributed by atoms with Gasteiger partial charge < -0.3 is 0 Å². The van der Waals surface area contributed by atoms with Crippen molar-refractivity contribution in [2.24, 2.45) is 0 Å². The molecule has 0 aromatic rings. The van der Waals surface area contributed by atoms with Crippen LogP contribution in [0.3, 0.4) is 0 Å². The molecule has 1 unspecified atom stereocenters. The molecule has 0 saturated heterocycles. The zero-order chi connectivity index (χ0) is 6.99. The van der Waals surface area contributed by atoms with E-state index in [1.807, 2.05) is 0 Å². The van der Waals surface area contributed by atoms with E-state index in [-0.39, 0.29) is 0 Å². The summed E-state index contributed by atoms with van der Waals surface area (Å²) in [6.45, 7) is 2.69. The van der Waals surface area contributed by atoms with Crippen LogP contribution in [0.5, 0.6) is 0 Å². The van der Waals surface area contributed by atoms with Crippen molar-refractivity contribution in [3.8, 4) is 0 Å². The second-order valence-corrected chi connectivity index (χ2v) is 1.12. The van der Waals surface area contributed by atoms with Crippen LogP contribution in [-0.4, -0.2) is 11.6 Å². The van der Waals surface area contributed by atoms with Crippen LogP contribution in [0, 0.1) is 0 Å². The van der Waals surface area contributed by atoms with Gasteiger partial charge in [-0.1, -0.05) is 6.08 Å². The summed E-state index contributed by atoms with van der Waals surface area (Å²) in [6, 6.07) is 0. The monoisotopic (exact) mass is 143 g/mol. The molecule has 5 heteroatoms. The highest BCUT2D eigenvalue weighted by Gasteiger charge is 1.99. The van der Waals surface area contributed by atoms with Gasteiger partial charge in [-0.15, -0.1) is 11.5 Å². The molecule has 0 aliphatic carbocycles. The smallest absolute Gasteiger partial charge is 0.247 e. The first-order valence-corrected chi connectivity index (χ1v) is 2.74. The summed E-state index contributed by atoms with van der Waals surface area (Å²) in [5, 5.41) is 0. The number of alkyl halides is 1. The Morgan fingerprint density at radius 1 is 1.88 bits per heavy atom. The van der Waals surface area contributed by atoms with Gasteiger partial charge in [-0.05, 0) is 0 Å².